The van der Waals surface area contributed by atoms with Crippen LogP contribution in [0.5, 0.6) is 0 Å². The first-order chi connectivity index (χ1) is 14.5. The molecule has 0 fully saturated rings. The van der Waals surface area contributed by atoms with Crippen LogP contribution in [0.3, 0.4) is 0 Å². The van der Waals surface area contributed by atoms with Crippen molar-refractivity contribution in [2.75, 3.05) is 6.61 Å². The summed E-state index contributed by atoms with van der Waals surface area (Å²) < 4.78 is 33.1. The Balaban J connectivity index is 2.08. The van der Waals surface area contributed by atoms with Crippen LogP contribution in [0.1, 0.15) is 32.6 Å². The fourth-order valence-corrected chi connectivity index (χ4v) is 4.79. The molecule has 8 nitrogen and oxygen atoms in total. The summed E-state index contributed by atoms with van der Waals surface area (Å²) in [4.78, 5) is 12.2. The van der Waals surface area contributed by atoms with Crippen LogP contribution in [0.15, 0.2) is 65.6 Å². The summed E-state index contributed by atoms with van der Waals surface area (Å²) in [6.45, 7) is 4.41. The molecule has 166 valence electrons. The summed E-state index contributed by atoms with van der Waals surface area (Å²) in [5.74, 6) is 0. The number of nitrogens with one attached hydrogen (secondary N) is 1. The maximum Gasteiger partial charge on any atom is 0.408 e. The van der Waals surface area contributed by atoms with Gasteiger partial charge < -0.3 is 20.3 Å². The van der Waals surface area contributed by atoms with E-state index in [1.54, 1.807) is 63.2 Å². The minimum absolute atomic E-state index is 0.0140. The summed E-state index contributed by atoms with van der Waals surface area (Å²) in [5, 5.41) is 23.8. The summed E-state index contributed by atoms with van der Waals surface area (Å²) in [7, 11) is -4.07. The predicted octanol–water partition coefficient (Wildman–Crippen LogP) is 2.80. The van der Waals surface area contributed by atoms with Gasteiger partial charge in [0.2, 0.25) is 0 Å². The number of rotatable bonds is 6. The highest BCUT2D eigenvalue weighted by atomic mass is 32.2. The molecule has 2 atom stereocenters. The average Bonchev–Trinajstić information content (AvgIpc) is 3.11. The molecule has 0 aliphatic rings. The van der Waals surface area contributed by atoms with Crippen LogP contribution < -0.4 is 5.32 Å². The first kappa shape index (κ1) is 22.8. The van der Waals surface area contributed by atoms with Gasteiger partial charge in [-0.3, -0.25) is 0 Å². The normalized spacial score (nSPS) is 14.2. The summed E-state index contributed by atoms with van der Waals surface area (Å²) in [6.07, 6.45) is -2.36. The number of fused-ring (bicyclic) bond motifs is 1. The molecule has 0 saturated carbocycles. The standard InChI is InChI=1S/C22H26N2O6S/c1-22(2,3)30-21(27)23-17(14-25)20(26)19-13-15-9-7-8-12-18(15)24(19)31(28,29)16-10-5-4-6-11-16/h4-13,17,20,25-26H,14H2,1-3H3,(H,23,27)/t17-,20-/m0/s1. The van der Waals surface area contributed by atoms with Crippen LogP contribution in [-0.4, -0.2) is 46.9 Å². The second-order valence-corrected chi connectivity index (χ2v) is 9.88. The lowest BCUT2D eigenvalue weighted by atomic mass is 10.1. The molecule has 1 aromatic heterocycles. The van der Waals surface area contributed by atoms with E-state index in [4.69, 9.17) is 4.74 Å². The van der Waals surface area contributed by atoms with Gasteiger partial charge in [-0.2, -0.15) is 0 Å². The maximum atomic E-state index is 13.4. The molecule has 0 aliphatic heterocycles. The van der Waals surface area contributed by atoms with Crippen LogP contribution in [0, 0.1) is 0 Å². The van der Waals surface area contributed by atoms with Crippen molar-refractivity contribution in [3.8, 4) is 0 Å². The molecule has 2 aromatic carbocycles. The number of para-hydroxylation sites is 1. The Bertz CT molecular complexity index is 1170. The van der Waals surface area contributed by atoms with Crippen LogP contribution in [-0.2, 0) is 14.8 Å². The minimum Gasteiger partial charge on any atom is -0.444 e. The molecular weight excluding hydrogens is 420 g/mol. The number of carbonyl (C=O) groups is 1. The van der Waals surface area contributed by atoms with Crippen molar-refractivity contribution >= 4 is 27.0 Å². The van der Waals surface area contributed by atoms with E-state index >= 15 is 0 Å². The quantitative estimate of drug-likeness (QED) is 0.536. The van der Waals surface area contributed by atoms with E-state index in [-0.39, 0.29) is 10.6 Å². The Morgan fingerprint density at radius 3 is 2.32 bits per heavy atom. The van der Waals surface area contributed by atoms with Crippen molar-refractivity contribution in [3.63, 3.8) is 0 Å². The average molecular weight is 447 g/mol. The third-order valence-electron chi connectivity index (χ3n) is 4.56. The maximum absolute atomic E-state index is 13.4. The smallest absolute Gasteiger partial charge is 0.408 e. The van der Waals surface area contributed by atoms with Gasteiger partial charge in [0.05, 0.1) is 28.8 Å². The van der Waals surface area contributed by atoms with Crippen molar-refractivity contribution in [1.29, 1.82) is 0 Å². The first-order valence-corrected chi connectivity index (χ1v) is 11.2. The van der Waals surface area contributed by atoms with E-state index in [2.05, 4.69) is 5.32 Å². The third kappa shape index (κ3) is 4.90. The summed E-state index contributed by atoms with van der Waals surface area (Å²) in [6, 6.07) is 15.0. The SMILES string of the molecule is CC(C)(C)OC(=O)N[C@@H](CO)[C@H](O)c1cc2ccccc2n1S(=O)(=O)c1ccccc1. The molecule has 3 rings (SSSR count). The fraction of sp³-hybridized carbons (Fsp3) is 0.318. The van der Waals surface area contributed by atoms with Gasteiger partial charge >= 0.3 is 6.09 Å². The number of benzene rings is 2. The van der Waals surface area contributed by atoms with E-state index < -0.39 is 40.5 Å². The molecule has 3 N–H and O–H groups in total. The van der Waals surface area contributed by atoms with Gasteiger partial charge in [0, 0.05) is 5.39 Å². The van der Waals surface area contributed by atoms with Gasteiger partial charge in [-0.25, -0.2) is 17.2 Å². The minimum atomic E-state index is -4.07. The number of hydrogen-bond donors (Lipinski definition) is 3. The third-order valence-corrected chi connectivity index (χ3v) is 6.31. The fourth-order valence-electron chi connectivity index (χ4n) is 3.21. The van der Waals surface area contributed by atoms with Gasteiger partial charge in [-0.15, -0.1) is 0 Å². The lowest BCUT2D eigenvalue weighted by Gasteiger charge is -2.26. The first-order valence-electron chi connectivity index (χ1n) is 9.74. The van der Waals surface area contributed by atoms with E-state index in [0.717, 1.165) is 3.97 Å². The topological polar surface area (TPSA) is 118 Å². The Morgan fingerprint density at radius 1 is 1.10 bits per heavy atom. The number of nitrogens with zero attached hydrogens (tertiary/aromatic N) is 1. The zero-order valence-electron chi connectivity index (χ0n) is 17.5. The van der Waals surface area contributed by atoms with Crippen molar-refractivity contribution in [2.24, 2.45) is 0 Å². The van der Waals surface area contributed by atoms with Crippen molar-refractivity contribution in [2.45, 2.75) is 43.4 Å². The molecule has 0 spiro atoms. The number of ether oxygens (including phenoxy) is 1. The highest BCUT2D eigenvalue weighted by molar-refractivity contribution is 7.90. The monoisotopic (exact) mass is 446 g/mol. The molecule has 0 aliphatic carbocycles. The zero-order chi connectivity index (χ0) is 22.8. The molecule has 0 bridgehead atoms. The summed E-state index contributed by atoms with van der Waals surface area (Å²) in [5.41, 5.74) is -0.393. The number of alkyl carbamates (subject to hydrolysis) is 1. The second kappa shape index (κ2) is 8.70. The largest absolute Gasteiger partial charge is 0.444 e. The van der Waals surface area contributed by atoms with E-state index in [1.807, 2.05) is 0 Å². The summed E-state index contributed by atoms with van der Waals surface area (Å²) >= 11 is 0. The van der Waals surface area contributed by atoms with Gasteiger partial charge in [-0.05, 0) is 45.0 Å². The van der Waals surface area contributed by atoms with Crippen LogP contribution in [0.25, 0.3) is 10.9 Å². The van der Waals surface area contributed by atoms with Crippen molar-refractivity contribution < 1.29 is 28.2 Å². The number of aromatic nitrogens is 1. The Kier molecular flexibility index (Phi) is 6.40. The molecule has 0 radical (unpaired) electrons. The predicted molar refractivity (Wildman–Crippen MR) is 116 cm³/mol. The van der Waals surface area contributed by atoms with E-state index in [1.165, 1.54) is 18.2 Å². The molecule has 1 amide bonds. The van der Waals surface area contributed by atoms with Gasteiger partial charge in [0.25, 0.3) is 10.0 Å². The number of aliphatic hydroxyl groups excluding tert-OH is 2. The van der Waals surface area contributed by atoms with Crippen molar-refractivity contribution in [1.82, 2.24) is 9.29 Å². The van der Waals surface area contributed by atoms with Gasteiger partial charge in [-0.1, -0.05) is 36.4 Å². The Labute approximate surface area is 181 Å². The van der Waals surface area contributed by atoms with Gasteiger partial charge in [0.1, 0.15) is 11.7 Å². The molecular formula is C22H26N2O6S. The number of amides is 1. The highest BCUT2D eigenvalue weighted by Crippen LogP contribution is 2.30. The molecule has 31 heavy (non-hydrogen) atoms. The Hall–Kier alpha value is -2.88. The van der Waals surface area contributed by atoms with Crippen LogP contribution >= 0.6 is 0 Å². The highest BCUT2D eigenvalue weighted by Gasteiger charge is 2.32. The Morgan fingerprint density at radius 2 is 1.71 bits per heavy atom. The number of aliphatic hydroxyl groups is 2. The van der Waals surface area contributed by atoms with Crippen LogP contribution in [0.4, 0.5) is 4.79 Å². The molecule has 3 aromatic rings. The second-order valence-electron chi connectivity index (χ2n) is 8.09. The number of carbonyl (C=O) groups excluding carboxylic acids is 1. The molecule has 9 heteroatoms. The lowest BCUT2D eigenvalue weighted by molar-refractivity contribution is 0.0342. The van der Waals surface area contributed by atoms with E-state index in [9.17, 15) is 23.4 Å². The zero-order valence-corrected chi connectivity index (χ0v) is 18.3. The van der Waals surface area contributed by atoms with E-state index in [0.29, 0.717) is 10.9 Å². The molecule has 0 saturated heterocycles. The molecule has 1 heterocycles. The molecule has 0 unspecified atom stereocenters. The van der Waals surface area contributed by atoms with Gasteiger partial charge in [0.15, 0.2) is 0 Å². The lowest BCUT2D eigenvalue weighted by Crippen LogP contribution is -2.45. The van der Waals surface area contributed by atoms with Crippen LogP contribution in [0.2, 0.25) is 0 Å². The number of hydrogen-bond acceptors (Lipinski definition) is 6. The van der Waals surface area contributed by atoms with Crippen molar-refractivity contribution in [3.05, 3.63) is 66.4 Å².